The molecular formula is C11H12N2OS. The molecule has 4 heteroatoms. The topological polar surface area (TPSA) is 59.1 Å². The predicted molar refractivity (Wildman–Crippen MR) is 61.6 cm³/mol. The summed E-state index contributed by atoms with van der Waals surface area (Å²) < 4.78 is 0. The van der Waals surface area contributed by atoms with Crippen molar-refractivity contribution < 1.29 is 5.11 Å². The molecule has 2 aromatic rings. The minimum Gasteiger partial charge on any atom is -0.388 e. The Morgan fingerprint density at radius 1 is 1.47 bits per heavy atom. The summed E-state index contributed by atoms with van der Waals surface area (Å²) in [5.74, 6) is 0.491. The molecule has 0 aliphatic rings. The van der Waals surface area contributed by atoms with Gasteiger partial charge in [0, 0.05) is 12.6 Å². The van der Waals surface area contributed by atoms with Crippen molar-refractivity contribution in [2.75, 3.05) is 5.73 Å². The number of thiophene rings is 1. The second kappa shape index (κ2) is 4.42. The summed E-state index contributed by atoms with van der Waals surface area (Å²) >= 11 is 1.58. The molecule has 0 aliphatic heterocycles. The first-order chi connectivity index (χ1) is 7.25. The summed E-state index contributed by atoms with van der Waals surface area (Å²) in [6.45, 7) is 0. The van der Waals surface area contributed by atoms with E-state index in [1.54, 1.807) is 23.6 Å². The van der Waals surface area contributed by atoms with E-state index < -0.39 is 6.10 Å². The molecule has 3 N–H and O–H groups in total. The van der Waals surface area contributed by atoms with Crippen LogP contribution in [0.4, 0.5) is 5.82 Å². The van der Waals surface area contributed by atoms with Gasteiger partial charge in [0.2, 0.25) is 0 Å². The highest BCUT2D eigenvalue weighted by atomic mass is 32.1. The Labute approximate surface area is 92.2 Å². The lowest BCUT2D eigenvalue weighted by molar-refractivity contribution is 0.179. The Hall–Kier alpha value is -1.39. The van der Waals surface area contributed by atoms with Crippen molar-refractivity contribution in [3.8, 4) is 0 Å². The number of aliphatic hydroxyl groups is 1. The van der Waals surface area contributed by atoms with Gasteiger partial charge in [-0.1, -0.05) is 0 Å². The summed E-state index contributed by atoms with van der Waals surface area (Å²) in [6.07, 6.45) is 1.77. The second-order valence-electron chi connectivity index (χ2n) is 3.37. The number of hydrogen-bond acceptors (Lipinski definition) is 4. The summed E-state index contributed by atoms with van der Waals surface area (Å²) in [7, 11) is 0. The first-order valence-corrected chi connectivity index (χ1v) is 5.60. The first-order valence-electron chi connectivity index (χ1n) is 4.66. The van der Waals surface area contributed by atoms with E-state index in [9.17, 15) is 5.11 Å². The van der Waals surface area contributed by atoms with Gasteiger partial charge in [0.25, 0.3) is 0 Å². The van der Waals surface area contributed by atoms with Crippen LogP contribution >= 0.6 is 11.3 Å². The van der Waals surface area contributed by atoms with Crippen LogP contribution in [0, 0.1) is 0 Å². The van der Waals surface area contributed by atoms with E-state index in [4.69, 9.17) is 5.73 Å². The molecule has 0 aromatic carbocycles. The van der Waals surface area contributed by atoms with Gasteiger partial charge >= 0.3 is 0 Å². The van der Waals surface area contributed by atoms with E-state index >= 15 is 0 Å². The van der Waals surface area contributed by atoms with Crippen molar-refractivity contribution in [3.63, 3.8) is 0 Å². The maximum absolute atomic E-state index is 9.90. The van der Waals surface area contributed by atoms with Crippen molar-refractivity contribution in [3.05, 3.63) is 46.3 Å². The Bertz CT molecular complexity index is 428. The van der Waals surface area contributed by atoms with Gasteiger partial charge in [0.1, 0.15) is 5.82 Å². The molecule has 0 amide bonds. The highest BCUT2D eigenvalue weighted by Crippen LogP contribution is 2.20. The number of nitrogen functional groups attached to an aromatic ring is 1. The van der Waals surface area contributed by atoms with Crippen molar-refractivity contribution in [1.29, 1.82) is 0 Å². The predicted octanol–water partition coefficient (Wildman–Crippen LogP) is 2.00. The average Bonchev–Trinajstić information content (AvgIpc) is 2.70. The number of hydrogen-bond donors (Lipinski definition) is 2. The van der Waals surface area contributed by atoms with Crippen molar-refractivity contribution in [2.45, 2.75) is 12.5 Å². The molecular weight excluding hydrogens is 208 g/mol. The monoisotopic (exact) mass is 220 g/mol. The molecule has 78 valence electrons. The largest absolute Gasteiger partial charge is 0.388 e. The summed E-state index contributed by atoms with van der Waals surface area (Å²) in [5.41, 5.74) is 7.52. The zero-order valence-corrected chi connectivity index (χ0v) is 8.95. The Kier molecular flexibility index (Phi) is 2.99. The van der Waals surface area contributed by atoms with Gasteiger partial charge in [-0.2, -0.15) is 11.3 Å². The van der Waals surface area contributed by atoms with E-state index in [0.717, 1.165) is 11.1 Å². The third-order valence-electron chi connectivity index (χ3n) is 2.20. The van der Waals surface area contributed by atoms with Gasteiger partial charge in [-0.15, -0.1) is 0 Å². The molecule has 0 bridgehead atoms. The van der Waals surface area contributed by atoms with Crippen LogP contribution in [0.5, 0.6) is 0 Å². The van der Waals surface area contributed by atoms with Gasteiger partial charge in [0.15, 0.2) is 0 Å². The number of anilines is 1. The summed E-state index contributed by atoms with van der Waals surface area (Å²) in [5, 5.41) is 13.8. The molecule has 1 atom stereocenters. The second-order valence-corrected chi connectivity index (χ2v) is 4.15. The van der Waals surface area contributed by atoms with Crippen LogP contribution in [-0.2, 0) is 6.42 Å². The SMILES string of the molecule is Nc1cc(CC(O)c2ccsc2)ccn1. The van der Waals surface area contributed by atoms with Crippen LogP contribution in [0.25, 0.3) is 0 Å². The molecule has 0 fully saturated rings. The standard InChI is InChI=1S/C11H12N2OS/c12-11-6-8(1-3-13-11)5-10(14)9-2-4-15-7-9/h1-4,6-7,10,14H,5H2,(H2,12,13). The lowest BCUT2D eigenvalue weighted by atomic mass is 10.1. The van der Waals surface area contributed by atoms with Crippen LogP contribution in [-0.4, -0.2) is 10.1 Å². The Morgan fingerprint density at radius 2 is 2.33 bits per heavy atom. The fourth-order valence-electron chi connectivity index (χ4n) is 1.43. The molecule has 0 saturated carbocycles. The van der Waals surface area contributed by atoms with Gasteiger partial charge in [0.05, 0.1) is 6.10 Å². The zero-order chi connectivity index (χ0) is 10.7. The van der Waals surface area contributed by atoms with Crippen LogP contribution in [0.3, 0.4) is 0 Å². The molecule has 0 radical (unpaired) electrons. The van der Waals surface area contributed by atoms with Crippen molar-refractivity contribution in [1.82, 2.24) is 4.98 Å². The lowest BCUT2D eigenvalue weighted by Crippen LogP contribution is -2.01. The normalized spacial score (nSPS) is 12.6. The number of aromatic nitrogens is 1. The zero-order valence-electron chi connectivity index (χ0n) is 8.13. The molecule has 1 unspecified atom stereocenters. The number of rotatable bonds is 3. The Balaban J connectivity index is 2.09. The van der Waals surface area contributed by atoms with Crippen molar-refractivity contribution >= 4 is 17.2 Å². The third kappa shape index (κ3) is 2.55. The third-order valence-corrected chi connectivity index (χ3v) is 2.90. The molecule has 0 saturated heterocycles. The Morgan fingerprint density at radius 3 is 3.00 bits per heavy atom. The van der Waals surface area contributed by atoms with Gasteiger partial charge in [-0.25, -0.2) is 4.98 Å². The van der Waals surface area contributed by atoms with Crippen molar-refractivity contribution in [2.24, 2.45) is 0 Å². The van der Waals surface area contributed by atoms with E-state index in [1.165, 1.54) is 0 Å². The fourth-order valence-corrected chi connectivity index (χ4v) is 2.13. The molecule has 0 aliphatic carbocycles. The first kappa shape index (κ1) is 10.1. The van der Waals surface area contributed by atoms with E-state index in [0.29, 0.717) is 12.2 Å². The highest BCUT2D eigenvalue weighted by molar-refractivity contribution is 7.07. The van der Waals surface area contributed by atoms with Crippen LogP contribution in [0.1, 0.15) is 17.2 Å². The van der Waals surface area contributed by atoms with Crippen LogP contribution < -0.4 is 5.73 Å². The maximum atomic E-state index is 9.90. The minimum atomic E-state index is -0.460. The fraction of sp³-hybridized carbons (Fsp3) is 0.182. The van der Waals surface area contributed by atoms with Crippen LogP contribution in [0.2, 0.25) is 0 Å². The molecule has 2 heterocycles. The van der Waals surface area contributed by atoms with E-state index in [1.807, 2.05) is 22.9 Å². The summed E-state index contributed by atoms with van der Waals surface area (Å²) in [6, 6.07) is 5.58. The summed E-state index contributed by atoms with van der Waals surface area (Å²) in [4.78, 5) is 3.91. The average molecular weight is 220 g/mol. The minimum absolute atomic E-state index is 0.460. The molecule has 0 spiro atoms. The molecule has 2 aromatic heterocycles. The molecule has 15 heavy (non-hydrogen) atoms. The highest BCUT2D eigenvalue weighted by Gasteiger charge is 2.08. The van der Waals surface area contributed by atoms with E-state index in [-0.39, 0.29) is 0 Å². The molecule has 3 nitrogen and oxygen atoms in total. The quantitative estimate of drug-likeness (QED) is 0.831. The van der Waals surface area contributed by atoms with Gasteiger partial charge in [-0.3, -0.25) is 0 Å². The number of aliphatic hydroxyl groups excluding tert-OH is 1. The maximum Gasteiger partial charge on any atom is 0.123 e. The van der Waals surface area contributed by atoms with E-state index in [2.05, 4.69) is 4.98 Å². The number of pyridine rings is 1. The lowest BCUT2D eigenvalue weighted by Gasteiger charge is -2.08. The number of nitrogens with two attached hydrogens (primary N) is 1. The van der Waals surface area contributed by atoms with Gasteiger partial charge < -0.3 is 10.8 Å². The van der Waals surface area contributed by atoms with Crippen LogP contribution in [0.15, 0.2) is 35.2 Å². The van der Waals surface area contributed by atoms with Gasteiger partial charge in [-0.05, 0) is 40.1 Å². The molecule has 2 rings (SSSR count). The number of nitrogens with zero attached hydrogens (tertiary/aromatic N) is 1. The smallest absolute Gasteiger partial charge is 0.123 e.